The Balaban J connectivity index is 1.67. The van der Waals surface area contributed by atoms with Crippen molar-refractivity contribution in [1.82, 2.24) is 10.2 Å². The van der Waals surface area contributed by atoms with Crippen LogP contribution in [-0.2, 0) is 22.6 Å². The predicted molar refractivity (Wildman–Crippen MR) is 166 cm³/mol. The maximum Gasteiger partial charge on any atom is 0.261 e. The molecule has 40 heavy (non-hydrogen) atoms. The lowest BCUT2D eigenvalue weighted by Crippen LogP contribution is -2.53. The highest BCUT2D eigenvalue weighted by molar-refractivity contribution is 9.10. The Morgan fingerprint density at radius 3 is 2.42 bits per heavy atom. The number of nitrogens with one attached hydrogen (secondary N) is 1. The molecule has 0 unspecified atom stereocenters. The van der Waals surface area contributed by atoms with Crippen LogP contribution in [0.3, 0.4) is 0 Å². The summed E-state index contributed by atoms with van der Waals surface area (Å²) in [6.45, 7) is 3.80. The summed E-state index contributed by atoms with van der Waals surface area (Å²) in [5, 5.41) is 6.01. The van der Waals surface area contributed by atoms with Crippen molar-refractivity contribution in [1.29, 1.82) is 0 Å². The van der Waals surface area contributed by atoms with Crippen LogP contribution < -0.4 is 10.1 Å². The number of benzene rings is 4. The minimum atomic E-state index is -0.792. The second-order valence-corrected chi connectivity index (χ2v) is 11.3. The first-order valence-corrected chi connectivity index (χ1v) is 14.7. The topological polar surface area (TPSA) is 58.6 Å². The van der Waals surface area contributed by atoms with Crippen LogP contribution in [0, 0.1) is 0 Å². The van der Waals surface area contributed by atoms with Gasteiger partial charge in [0, 0.05) is 29.1 Å². The zero-order valence-corrected chi connectivity index (χ0v) is 25.5. The van der Waals surface area contributed by atoms with Crippen LogP contribution in [0.4, 0.5) is 0 Å². The zero-order valence-electron chi connectivity index (χ0n) is 22.4. The van der Waals surface area contributed by atoms with E-state index in [1.165, 1.54) is 0 Å². The van der Waals surface area contributed by atoms with Gasteiger partial charge in [0.25, 0.3) is 5.91 Å². The van der Waals surface area contributed by atoms with E-state index in [-0.39, 0.29) is 31.0 Å². The van der Waals surface area contributed by atoms with Crippen LogP contribution in [0.5, 0.6) is 5.75 Å². The molecule has 0 radical (unpaired) electrons. The monoisotopic (exact) mass is 640 g/mol. The Bertz CT molecular complexity index is 1480. The molecule has 5 nitrogen and oxygen atoms in total. The maximum absolute atomic E-state index is 13.9. The second kappa shape index (κ2) is 14.0. The lowest BCUT2D eigenvalue weighted by atomic mass is 10.0. The van der Waals surface area contributed by atoms with Gasteiger partial charge in [-0.15, -0.1) is 0 Å². The maximum atomic E-state index is 13.9. The Kier molecular flexibility index (Phi) is 10.5. The molecule has 0 saturated heterocycles. The number of hydrogen-bond donors (Lipinski definition) is 1. The molecular formula is C32H31BrCl2N2O3. The molecule has 4 aromatic rings. The first-order valence-electron chi connectivity index (χ1n) is 13.1. The average molecular weight is 642 g/mol. The fourth-order valence-electron chi connectivity index (χ4n) is 4.38. The van der Waals surface area contributed by atoms with Crippen LogP contribution >= 0.6 is 39.1 Å². The van der Waals surface area contributed by atoms with E-state index >= 15 is 0 Å². The number of amides is 2. The molecular weight excluding hydrogens is 611 g/mol. The average Bonchev–Trinajstić information content (AvgIpc) is 2.96. The van der Waals surface area contributed by atoms with E-state index in [1.807, 2.05) is 80.6 Å². The lowest BCUT2D eigenvalue weighted by Gasteiger charge is -2.32. The molecule has 1 N–H and O–H groups in total. The van der Waals surface area contributed by atoms with Gasteiger partial charge in [-0.1, -0.05) is 96.9 Å². The van der Waals surface area contributed by atoms with Gasteiger partial charge in [0.2, 0.25) is 5.91 Å². The van der Waals surface area contributed by atoms with Crippen molar-refractivity contribution < 1.29 is 14.3 Å². The van der Waals surface area contributed by atoms with Crippen LogP contribution in [0.2, 0.25) is 10.0 Å². The predicted octanol–water partition coefficient (Wildman–Crippen LogP) is 7.84. The number of carbonyl (C=O) groups excluding carboxylic acids is 2. The van der Waals surface area contributed by atoms with Gasteiger partial charge in [0.05, 0.1) is 4.47 Å². The van der Waals surface area contributed by atoms with E-state index in [1.54, 1.807) is 23.1 Å². The number of rotatable bonds is 11. The van der Waals surface area contributed by atoms with Gasteiger partial charge in [0.1, 0.15) is 11.8 Å². The summed E-state index contributed by atoms with van der Waals surface area (Å²) in [4.78, 5) is 29.1. The van der Waals surface area contributed by atoms with Gasteiger partial charge in [-0.25, -0.2) is 0 Å². The lowest BCUT2D eigenvalue weighted by molar-refractivity contribution is -0.143. The summed E-state index contributed by atoms with van der Waals surface area (Å²) in [7, 11) is 0. The fraction of sp³-hybridized carbons (Fsp3) is 0.250. The normalized spacial score (nSPS) is 12.5. The van der Waals surface area contributed by atoms with E-state index < -0.39 is 6.04 Å². The zero-order chi connectivity index (χ0) is 28.6. The first-order chi connectivity index (χ1) is 19.3. The Hall–Kier alpha value is -3.06. The molecule has 0 aliphatic carbocycles. The number of carbonyl (C=O) groups is 2. The van der Waals surface area contributed by atoms with Gasteiger partial charge in [-0.05, 0) is 69.4 Å². The molecule has 8 heteroatoms. The van der Waals surface area contributed by atoms with Crippen LogP contribution in [-0.4, -0.2) is 35.4 Å². The summed E-state index contributed by atoms with van der Waals surface area (Å²) in [6, 6.07) is 25.6. The molecule has 208 valence electrons. The molecule has 0 aliphatic heterocycles. The molecule has 0 aliphatic rings. The van der Waals surface area contributed by atoms with Crippen molar-refractivity contribution >= 4 is 61.7 Å². The third-order valence-electron chi connectivity index (χ3n) is 6.81. The van der Waals surface area contributed by atoms with Crippen molar-refractivity contribution in [3.05, 3.63) is 111 Å². The third-order valence-corrected chi connectivity index (χ3v) is 8.21. The standard InChI is InChI=1S/C32H31BrCl2N2O3/c1-3-21(2)36-32(39)28(17-22-9-5-4-6-10-22)37(19-24-13-15-25(34)18-27(24)35)30(38)20-40-29-16-14-23-11-7-8-12-26(23)31(29)33/h4-16,18,21,28H,3,17,19-20H2,1-2H3,(H,36,39)/t21-,28-/m1/s1. The number of fused-ring (bicyclic) bond motifs is 1. The van der Waals surface area contributed by atoms with Crippen LogP contribution in [0.15, 0.2) is 89.4 Å². The summed E-state index contributed by atoms with van der Waals surface area (Å²) in [6.07, 6.45) is 1.10. The SMILES string of the molecule is CC[C@@H](C)NC(=O)[C@@H](Cc1ccccc1)N(Cc1ccc(Cl)cc1Cl)C(=O)COc1ccc2ccccc2c1Br. The minimum Gasteiger partial charge on any atom is -0.483 e. The highest BCUT2D eigenvalue weighted by atomic mass is 79.9. The van der Waals surface area contributed by atoms with Crippen LogP contribution in [0.1, 0.15) is 31.4 Å². The molecule has 0 heterocycles. The number of hydrogen-bond acceptors (Lipinski definition) is 3. The third kappa shape index (κ3) is 7.57. The van der Waals surface area contributed by atoms with E-state index in [0.717, 1.165) is 27.2 Å². The number of halogens is 3. The van der Waals surface area contributed by atoms with Crippen molar-refractivity contribution in [2.45, 2.75) is 45.3 Å². The summed E-state index contributed by atoms with van der Waals surface area (Å²) < 4.78 is 6.80. The summed E-state index contributed by atoms with van der Waals surface area (Å²) in [5.74, 6) is -0.0324. The number of ether oxygens (including phenoxy) is 1. The molecule has 0 fully saturated rings. The summed E-state index contributed by atoms with van der Waals surface area (Å²) >= 11 is 16.3. The Morgan fingerprint density at radius 2 is 1.70 bits per heavy atom. The molecule has 4 rings (SSSR count). The molecule has 2 amide bonds. The molecule has 0 aromatic heterocycles. The van der Waals surface area contributed by atoms with Crippen molar-refractivity contribution in [2.75, 3.05) is 6.61 Å². The highest BCUT2D eigenvalue weighted by Crippen LogP contribution is 2.33. The van der Waals surface area contributed by atoms with Gasteiger partial charge < -0.3 is 15.0 Å². The Morgan fingerprint density at radius 1 is 0.975 bits per heavy atom. The quantitative estimate of drug-likeness (QED) is 0.181. The van der Waals surface area contributed by atoms with Gasteiger partial charge >= 0.3 is 0 Å². The fourth-order valence-corrected chi connectivity index (χ4v) is 5.45. The highest BCUT2D eigenvalue weighted by Gasteiger charge is 2.32. The molecule has 4 aromatic carbocycles. The largest absolute Gasteiger partial charge is 0.483 e. The Labute approximate surface area is 253 Å². The molecule has 0 bridgehead atoms. The number of nitrogens with zero attached hydrogens (tertiary/aromatic N) is 1. The van der Waals surface area contributed by atoms with Crippen molar-refractivity contribution in [2.24, 2.45) is 0 Å². The van der Waals surface area contributed by atoms with Crippen molar-refractivity contribution in [3.8, 4) is 5.75 Å². The van der Waals surface area contributed by atoms with Crippen LogP contribution in [0.25, 0.3) is 10.8 Å². The smallest absolute Gasteiger partial charge is 0.261 e. The van der Waals surface area contributed by atoms with E-state index in [0.29, 0.717) is 27.8 Å². The molecule has 0 saturated carbocycles. The summed E-state index contributed by atoms with van der Waals surface area (Å²) in [5.41, 5.74) is 1.62. The van der Waals surface area contributed by atoms with E-state index in [4.69, 9.17) is 27.9 Å². The molecule has 0 spiro atoms. The van der Waals surface area contributed by atoms with Gasteiger partial charge in [-0.2, -0.15) is 0 Å². The van der Waals surface area contributed by atoms with E-state index in [2.05, 4.69) is 21.2 Å². The molecule has 2 atom stereocenters. The first kappa shape index (κ1) is 29.9. The minimum absolute atomic E-state index is 0.0494. The van der Waals surface area contributed by atoms with E-state index in [9.17, 15) is 9.59 Å². The van der Waals surface area contributed by atoms with Crippen molar-refractivity contribution in [3.63, 3.8) is 0 Å². The van der Waals surface area contributed by atoms with Gasteiger partial charge in [0.15, 0.2) is 6.61 Å². The second-order valence-electron chi connectivity index (χ2n) is 9.67. The van der Waals surface area contributed by atoms with Gasteiger partial charge in [-0.3, -0.25) is 9.59 Å².